The minimum atomic E-state index is 0.637. The van der Waals surface area contributed by atoms with E-state index in [1.165, 1.54) is 0 Å². The molecular formula is C22H17N3. The zero-order chi connectivity index (χ0) is 17.2. The van der Waals surface area contributed by atoms with Crippen LogP contribution in [-0.2, 0) is 0 Å². The highest BCUT2D eigenvalue weighted by molar-refractivity contribution is 6.02. The molecule has 0 atom stereocenters. The number of hydrogen-bond donors (Lipinski definition) is 0. The molecule has 120 valence electrons. The molecule has 0 fully saturated rings. The third kappa shape index (κ3) is 3.04. The van der Waals surface area contributed by atoms with Crippen LogP contribution in [0, 0.1) is 0 Å². The third-order valence-electron chi connectivity index (χ3n) is 4.23. The molecule has 0 N–H and O–H groups in total. The van der Waals surface area contributed by atoms with Gasteiger partial charge in [-0.1, -0.05) is 55.1 Å². The lowest BCUT2D eigenvalue weighted by Crippen LogP contribution is -1.99. The van der Waals surface area contributed by atoms with Gasteiger partial charge in [0.25, 0.3) is 0 Å². The molecule has 4 rings (SSSR count). The summed E-state index contributed by atoms with van der Waals surface area (Å²) in [4.78, 5) is 13.6. The molecule has 0 saturated carbocycles. The number of hydrogen-bond acceptors (Lipinski definition) is 3. The van der Waals surface area contributed by atoms with Crippen LogP contribution in [0.1, 0.15) is 18.3 Å². The Morgan fingerprint density at radius 1 is 0.760 bits per heavy atom. The first-order chi connectivity index (χ1) is 12.2. The maximum atomic E-state index is 4.63. The second-order valence-electron chi connectivity index (χ2n) is 5.98. The largest absolute Gasteiger partial charge is 0.254 e. The van der Waals surface area contributed by atoms with Crippen LogP contribution in [0.15, 0.2) is 84.6 Å². The summed E-state index contributed by atoms with van der Waals surface area (Å²) in [5, 5.41) is 4.51. The van der Waals surface area contributed by atoms with Gasteiger partial charge in [0.05, 0.1) is 22.8 Å². The highest BCUT2D eigenvalue weighted by Gasteiger charge is 2.05. The van der Waals surface area contributed by atoms with E-state index in [-0.39, 0.29) is 0 Å². The maximum absolute atomic E-state index is 4.63. The molecule has 0 aliphatic carbocycles. The molecule has 4 aromatic rings. The van der Waals surface area contributed by atoms with Gasteiger partial charge in [-0.05, 0) is 29.8 Å². The van der Waals surface area contributed by atoms with Crippen LogP contribution in [0.4, 0.5) is 0 Å². The van der Waals surface area contributed by atoms with Crippen LogP contribution in [-0.4, -0.2) is 15.7 Å². The predicted molar refractivity (Wildman–Crippen MR) is 105 cm³/mol. The lowest BCUT2D eigenvalue weighted by atomic mass is 10.1. The van der Waals surface area contributed by atoms with E-state index in [1.807, 2.05) is 55.7 Å². The Bertz CT molecular complexity index is 1130. The molecule has 0 radical (unpaired) electrons. The van der Waals surface area contributed by atoms with E-state index in [4.69, 9.17) is 0 Å². The van der Waals surface area contributed by atoms with E-state index in [0.29, 0.717) is 5.70 Å². The summed E-state index contributed by atoms with van der Waals surface area (Å²) in [7, 11) is 0. The molecule has 2 aromatic carbocycles. The summed E-state index contributed by atoms with van der Waals surface area (Å²) in [5.74, 6) is 0. The van der Waals surface area contributed by atoms with Gasteiger partial charge in [-0.15, -0.1) is 0 Å². The zero-order valence-corrected chi connectivity index (χ0v) is 14.0. The van der Waals surface area contributed by atoms with Crippen molar-refractivity contribution in [3.8, 4) is 0 Å². The lowest BCUT2D eigenvalue weighted by molar-refractivity contribution is 1.27. The van der Waals surface area contributed by atoms with Crippen LogP contribution in [0.25, 0.3) is 27.2 Å². The molecule has 0 unspecified atom stereocenters. The smallest absolute Gasteiger partial charge is 0.0886 e. The normalized spacial score (nSPS) is 11.8. The minimum Gasteiger partial charge on any atom is -0.254 e. The summed E-state index contributed by atoms with van der Waals surface area (Å²) in [6, 6.07) is 20.4. The van der Waals surface area contributed by atoms with Gasteiger partial charge in [-0.2, -0.15) is 0 Å². The molecule has 0 bridgehead atoms. The van der Waals surface area contributed by atoms with Crippen molar-refractivity contribution in [3.05, 3.63) is 91.0 Å². The Morgan fingerprint density at radius 3 is 1.84 bits per heavy atom. The number of rotatable bonds is 3. The molecule has 2 aromatic heterocycles. The fourth-order valence-corrected chi connectivity index (χ4v) is 2.84. The van der Waals surface area contributed by atoms with E-state index in [0.717, 1.165) is 38.6 Å². The SMILES string of the molecule is C=C(N=C(C)c1cc2ccccc2cn1)c1cc2ccccc2cn1. The molecule has 0 aliphatic heterocycles. The summed E-state index contributed by atoms with van der Waals surface area (Å²) in [6.07, 6.45) is 3.73. The van der Waals surface area contributed by atoms with E-state index >= 15 is 0 Å². The Hall–Kier alpha value is -3.33. The molecular weight excluding hydrogens is 306 g/mol. The zero-order valence-electron chi connectivity index (χ0n) is 14.0. The van der Waals surface area contributed by atoms with Gasteiger partial charge in [0.15, 0.2) is 0 Å². The summed E-state index contributed by atoms with van der Waals surface area (Å²) >= 11 is 0. The average molecular weight is 323 g/mol. The molecule has 25 heavy (non-hydrogen) atoms. The number of nitrogens with zero attached hydrogens (tertiary/aromatic N) is 3. The van der Waals surface area contributed by atoms with Crippen molar-refractivity contribution >= 4 is 33.0 Å². The van der Waals surface area contributed by atoms with Crippen LogP contribution in [0.2, 0.25) is 0 Å². The van der Waals surface area contributed by atoms with Crippen LogP contribution >= 0.6 is 0 Å². The van der Waals surface area contributed by atoms with Crippen LogP contribution in [0.5, 0.6) is 0 Å². The minimum absolute atomic E-state index is 0.637. The second kappa shape index (κ2) is 6.29. The molecule has 2 heterocycles. The van der Waals surface area contributed by atoms with E-state index in [9.17, 15) is 0 Å². The number of fused-ring (bicyclic) bond motifs is 2. The van der Waals surface area contributed by atoms with Gasteiger partial charge < -0.3 is 0 Å². The second-order valence-corrected chi connectivity index (χ2v) is 5.98. The first-order valence-electron chi connectivity index (χ1n) is 8.15. The van der Waals surface area contributed by atoms with Crippen molar-refractivity contribution in [2.45, 2.75) is 6.92 Å². The number of aliphatic imine (C=N–C) groups is 1. The molecule has 3 nitrogen and oxygen atoms in total. The van der Waals surface area contributed by atoms with Gasteiger partial charge >= 0.3 is 0 Å². The van der Waals surface area contributed by atoms with Gasteiger partial charge in [-0.25, -0.2) is 4.99 Å². The van der Waals surface area contributed by atoms with E-state index in [2.05, 4.69) is 45.8 Å². The molecule has 0 saturated heterocycles. The van der Waals surface area contributed by atoms with Crippen molar-refractivity contribution in [2.75, 3.05) is 0 Å². The fourth-order valence-electron chi connectivity index (χ4n) is 2.84. The van der Waals surface area contributed by atoms with Crippen molar-refractivity contribution < 1.29 is 0 Å². The van der Waals surface area contributed by atoms with Gasteiger partial charge in [-0.3, -0.25) is 9.97 Å². The van der Waals surface area contributed by atoms with Crippen molar-refractivity contribution in [1.82, 2.24) is 9.97 Å². The summed E-state index contributed by atoms with van der Waals surface area (Å²) in [6.45, 7) is 6.03. The van der Waals surface area contributed by atoms with Gasteiger partial charge in [0.1, 0.15) is 0 Å². The lowest BCUT2D eigenvalue weighted by Gasteiger charge is -2.05. The highest BCUT2D eigenvalue weighted by atomic mass is 14.8. The van der Waals surface area contributed by atoms with Crippen LogP contribution < -0.4 is 0 Å². The highest BCUT2D eigenvalue weighted by Crippen LogP contribution is 2.20. The van der Waals surface area contributed by atoms with E-state index < -0.39 is 0 Å². The topological polar surface area (TPSA) is 38.1 Å². The maximum Gasteiger partial charge on any atom is 0.0886 e. The Morgan fingerprint density at radius 2 is 1.24 bits per heavy atom. The van der Waals surface area contributed by atoms with Gasteiger partial charge in [0, 0.05) is 23.2 Å². The first kappa shape index (κ1) is 15.2. The molecule has 0 aliphatic rings. The molecule has 3 heteroatoms. The van der Waals surface area contributed by atoms with Crippen LogP contribution in [0.3, 0.4) is 0 Å². The third-order valence-corrected chi connectivity index (χ3v) is 4.23. The van der Waals surface area contributed by atoms with Crippen molar-refractivity contribution in [3.63, 3.8) is 0 Å². The fraction of sp³-hybridized carbons (Fsp3) is 0.0455. The van der Waals surface area contributed by atoms with E-state index in [1.54, 1.807) is 0 Å². The summed E-state index contributed by atoms with van der Waals surface area (Å²) < 4.78 is 0. The number of aromatic nitrogens is 2. The van der Waals surface area contributed by atoms with Crippen molar-refractivity contribution in [2.24, 2.45) is 4.99 Å². The first-order valence-corrected chi connectivity index (χ1v) is 8.15. The average Bonchev–Trinajstić information content (AvgIpc) is 2.67. The monoisotopic (exact) mass is 323 g/mol. The molecule has 0 spiro atoms. The van der Waals surface area contributed by atoms with Crippen molar-refractivity contribution in [1.29, 1.82) is 0 Å². The number of pyridine rings is 2. The standard InChI is InChI=1S/C22H17N3/c1-15(21-11-17-7-3-5-9-19(17)13-23-21)25-16(2)22-12-18-8-4-6-10-20(18)14-24-22/h3-14H,1H2,2H3. The Labute approximate surface area is 146 Å². The Kier molecular flexibility index (Phi) is 3.82. The predicted octanol–water partition coefficient (Wildman–Crippen LogP) is 5.26. The quantitative estimate of drug-likeness (QED) is 0.482. The summed E-state index contributed by atoms with van der Waals surface area (Å²) in [5.41, 5.74) is 3.09. The molecule has 0 amide bonds. The Balaban J connectivity index is 1.68. The van der Waals surface area contributed by atoms with Gasteiger partial charge in [0.2, 0.25) is 0 Å². The number of benzene rings is 2.